The fraction of sp³-hybridized carbons (Fsp3) is 0.364. The first-order valence-electron chi connectivity index (χ1n) is 4.82. The van der Waals surface area contributed by atoms with Gasteiger partial charge in [0.05, 0.1) is 5.02 Å². The molecule has 4 N–H and O–H groups in total. The van der Waals surface area contributed by atoms with Crippen molar-refractivity contribution < 1.29 is 15.0 Å². The van der Waals surface area contributed by atoms with Crippen LogP contribution in [0.4, 0.5) is 0 Å². The first kappa shape index (κ1) is 12.8. The maximum atomic E-state index is 10.7. The molecule has 0 aliphatic carbocycles. The van der Waals surface area contributed by atoms with Gasteiger partial charge in [0.15, 0.2) is 0 Å². The van der Waals surface area contributed by atoms with E-state index in [0.29, 0.717) is 11.1 Å². The third kappa shape index (κ3) is 2.46. The van der Waals surface area contributed by atoms with Crippen molar-refractivity contribution in [2.45, 2.75) is 25.8 Å². The van der Waals surface area contributed by atoms with Gasteiger partial charge in [0.2, 0.25) is 0 Å². The van der Waals surface area contributed by atoms with Gasteiger partial charge in [0.1, 0.15) is 11.8 Å². The Morgan fingerprint density at radius 2 is 2.06 bits per heavy atom. The van der Waals surface area contributed by atoms with Crippen LogP contribution < -0.4 is 5.73 Å². The van der Waals surface area contributed by atoms with E-state index >= 15 is 0 Å². The molecule has 88 valence electrons. The molecule has 0 aromatic heterocycles. The normalized spacial score (nSPS) is 14.5. The molecule has 0 fully saturated rings. The van der Waals surface area contributed by atoms with Crippen LogP contribution >= 0.6 is 11.6 Å². The number of carboxylic acids is 1. The van der Waals surface area contributed by atoms with E-state index in [-0.39, 0.29) is 16.7 Å². The zero-order valence-corrected chi connectivity index (χ0v) is 9.82. The van der Waals surface area contributed by atoms with E-state index in [2.05, 4.69) is 0 Å². The molecule has 1 aromatic carbocycles. The van der Waals surface area contributed by atoms with Crippen LogP contribution in [0.25, 0.3) is 0 Å². The summed E-state index contributed by atoms with van der Waals surface area (Å²) in [5, 5.41) is 18.5. The highest BCUT2D eigenvalue weighted by atomic mass is 35.5. The Bertz CT molecular complexity index is 397. The van der Waals surface area contributed by atoms with E-state index in [4.69, 9.17) is 22.4 Å². The van der Waals surface area contributed by atoms with Crippen LogP contribution in [-0.4, -0.2) is 22.2 Å². The van der Waals surface area contributed by atoms with Gasteiger partial charge < -0.3 is 15.9 Å². The van der Waals surface area contributed by atoms with Crippen molar-refractivity contribution in [1.82, 2.24) is 0 Å². The van der Waals surface area contributed by atoms with Gasteiger partial charge in [0, 0.05) is 5.92 Å². The highest BCUT2D eigenvalue weighted by Gasteiger charge is 2.22. The van der Waals surface area contributed by atoms with Gasteiger partial charge >= 0.3 is 5.97 Å². The van der Waals surface area contributed by atoms with Gasteiger partial charge in [-0.2, -0.15) is 0 Å². The molecule has 2 unspecified atom stereocenters. The molecule has 0 bridgehead atoms. The lowest BCUT2D eigenvalue weighted by Gasteiger charge is -2.17. The van der Waals surface area contributed by atoms with E-state index in [0.717, 1.165) is 0 Å². The smallest absolute Gasteiger partial charge is 0.321 e. The summed E-state index contributed by atoms with van der Waals surface area (Å²) in [4.78, 5) is 10.7. The molecule has 16 heavy (non-hydrogen) atoms. The third-order valence-corrected chi connectivity index (χ3v) is 2.91. The van der Waals surface area contributed by atoms with Crippen LogP contribution in [0.3, 0.4) is 0 Å². The van der Waals surface area contributed by atoms with Crippen molar-refractivity contribution >= 4 is 17.6 Å². The number of aryl methyl sites for hydroxylation is 1. The number of benzene rings is 1. The quantitative estimate of drug-likeness (QED) is 0.757. The Labute approximate surface area is 98.6 Å². The van der Waals surface area contributed by atoms with Crippen molar-refractivity contribution in [3.63, 3.8) is 0 Å². The molecule has 1 rings (SSSR count). The Balaban J connectivity index is 3.10. The standard InChI is InChI=1S/C11H14ClNO3/c1-5-3-7(4-8(12)10(5)14)6(2)9(13)11(15)16/h3-4,6,9,14H,13H2,1-2H3,(H,15,16). The first-order chi connectivity index (χ1) is 7.34. The molecule has 2 atom stereocenters. The average Bonchev–Trinajstić information content (AvgIpc) is 2.22. The van der Waals surface area contributed by atoms with E-state index in [1.165, 1.54) is 6.07 Å². The molecular formula is C11H14ClNO3. The summed E-state index contributed by atoms with van der Waals surface area (Å²) in [6, 6.07) is 2.24. The van der Waals surface area contributed by atoms with Crippen molar-refractivity contribution in [1.29, 1.82) is 0 Å². The van der Waals surface area contributed by atoms with Gasteiger partial charge in [-0.25, -0.2) is 0 Å². The van der Waals surface area contributed by atoms with Crippen molar-refractivity contribution in [3.8, 4) is 5.75 Å². The first-order valence-corrected chi connectivity index (χ1v) is 5.19. The number of phenolic OH excluding ortho intramolecular Hbond substituents is 1. The minimum absolute atomic E-state index is 0.0153. The number of nitrogens with two attached hydrogens (primary N) is 1. The van der Waals surface area contributed by atoms with Gasteiger partial charge in [-0.1, -0.05) is 24.6 Å². The number of hydrogen-bond donors (Lipinski definition) is 3. The number of carbonyl (C=O) groups is 1. The molecule has 0 aliphatic heterocycles. The van der Waals surface area contributed by atoms with Crippen molar-refractivity contribution in [2.75, 3.05) is 0 Å². The molecule has 1 aromatic rings. The van der Waals surface area contributed by atoms with Crippen molar-refractivity contribution in [2.24, 2.45) is 5.73 Å². The van der Waals surface area contributed by atoms with Crippen LogP contribution in [-0.2, 0) is 4.79 Å². The Kier molecular flexibility index (Phi) is 3.78. The van der Waals surface area contributed by atoms with Gasteiger partial charge in [-0.3, -0.25) is 4.79 Å². The Morgan fingerprint density at radius 3 is 2.50 bits per heavy atom. The van der Waals surface area contributed by atoms with Gasteiger partial charge in [-0.05, 0) is 24.1 Å². The topological polar surface area (TPSA) is 83.6 Å². The fourth-order valence-corrected chi connectivity index (χ4v) is 1.72. The number of carboxylic acid groups (broad SMARTS) is 1. The van der Waals surface area contributed by atoms with Crippen LogP contribution in [0.5, 0.6) is 5.75 Å². The summed E-state index contributed by atoms with van der Waals surface area (Å²) in [5.74, 6) is -1.41. The molecule has 0 heterocycles. The highest BCUT2D eigenvalue weighted by molar-refractivity contribution is 6.32. The summed E-state index contributed by atoms with van der Waals surface area (Å²) in [6.07, 6.45) is 0. The Morgan fingerprint density at radius 1 is 1.50 bits per heavy atom. The second kappa shape index (κ2) is 4.72. The van der Waals surface area contributed by atoms with E-state index in [1.54, 1.807) is 19.9 Å². The number of hydrogen-bond acceptors (Lipinski definition) is 3. The van der Waals surface area contributed by atoms with E-state index < -0.39 is 12.0 Å². The lowest BCUT2D eigenvalue weighted by molar-refractivity contribution is -0.139. The molecule has 4 nitrogen and oxygen atoms in total. The maximum Gasteiger partial charge on any atom is 0.321 e. The molecule has 0 radical (unpaired) electrons. The fourth-order valence-electron chi connectivity index (χ4n) is 1.45. The molecule has 5 heteroatoms. The SMILES string of the molecule is Cc1cc(C(C)C(N)C(=O)O)cc(Cl)c1O. The largest absolute Gasteiger partial charge is 0.506 e. The number of rotatable bonds is 3. The van der Waals surface area contributed by atoms with Gasteiger partial charge in [-0.15, -0.1) is 0 Å². The molecular weight excluding hydrogens is 230 g/mol. The number of aliphatic carboxylic acids is 1. The Hall–Kier alpha value is -1.26. The summed E-state index contributed by atoms with van der Waals surface area (Å²) < 4.78 is 0. The van der Waals surface area contributed by atoms with Crippen molar-refractivity contribution in [3.05, 3.63) is 28.3 Å². The zero-order valence-electron chi connectivity index (χ0n) is 9.07. The molecule has 0 saturated carbocycles. The predicted molar refractivity (Wildman–Crippen MR) is 61.9 cm³/mol. The third-order valence-electron chi connectivity index (χ3n) is 2.63. The van der Waals surface area contributed by atoms with Crippen LogP contribution in [0.2, 0.25) is 5.02 Å². The maximum absolute atomic E-state index is 10.7. The highest BCUT2D eigenvalue weighted by Crippen LogP contribution is 2.31. The van der Waals surface area contributed by atoms with Crippen LogP contribution in [0.15, 0.2) is 12.1 Å². The molecule has 0 spiro atoms. The second-order valence-electron chi connectivity index (χ2n) is 3.82. The summed E-state index contributed by atoms with van der Waals surface area (Å²) in [6.45, 7) is 3.41. The number of aromatic hydroxyl groups is 1. The predicted octanol–water partition coefficient (Wildman–Crippen LogP) is 1.87. The average molecular weight is 244 g/mol. The minimum Gasteiger partial charge on any atom is -0.506 e. The second-order valence-corrected chi connectivity index (χ2v) is 4.23. The zero-order chi connectivity index (χ0) is 12.5. The minimum atomic E-state index is -1.06. The van der Waals surface area contributed by atoms with E-state index in [1.807, 2.05) is 0 Å². The molecule has 0 aliphatic rings. The molecule has 0 amide bonds. The summed E-state index contributed by atoms with van der Waals surface area (Å²) >= 11 is 5.81. The van der Waals surface area contributed by atoms with Gasteiger partial charge in [0.25, 0.3) is 0 Å². The monoisotopic (exact) mass is 243 g/mol. The van der Waals surface area contributed by atoms with E-state index in [9.17, 15) is 9.90 Å². The number of halogens is 1. The summed E-state index contributed by atoms with van der Waals surface area (Å²) in [7, 11) is 0. The van der Waals surface area contributed by atoms with Crippen LogP contribution in [0, 0.1) is 6.92 Å². The summed E-state index contributed by atoms with van der Waals surface area (Å²) in [5.41, 5.74) is 6.83. The lowest BCUT2D eigenvalue weighted by atomic mass is 9.92. The number of phenols is 1. The van der Waals surface area contributed by atoms with Crippen LogP contribution in [0.1, 0.15) is 24.0 Å². The molecule has 0 saturated heterocycles. The lowest BCUT2D eigenvalue weighted by Crippen LogP contribution is -2.35.